The van der Waals surface area contributed by atoms with Crippen LogP contribution in [0.25, 0.3) is 22.2 Å². The highest BCUT2D eigenvalue weighted by Crippen LogP contribution is 2.30. The monoisotopic (exact) mass is 538 g/mol. The molecule has 2 unspecified atom stereocenters. The molecule has 2 aromatic heterocycles. The van der Waals surface area contributed by atoms with Crippen LogP contribution in [0.5, 0.6) is 0 Å². The number of anilines is 2. The van der Waals surface area contributed by atoms with Gasteiger partial charge in [-0.1, -0.05) is 12.1 Å². The van der Waals surface area contributed by atoms with E-state index in [9.17, 15) is 18.0 Å². The van der Waals surface area contributed by atoms with E-state index in [4.69, 9.17) is 9.72 Å². The molecule has 4 aromatic rings. The van der Waals surface area contributed by atoms with E-state index in [-0.39, 0.29) is 12.2 Å². The molecule has 1 aliphatic rings. The first-order valence-electron chi connectivity index (χ1n) is 12.6. The zero-order chi connectivity index (χ0) is 27.8. The number of aromatic nitrogens is 3. The molecule has 1 saturated heterocycles. The largest absolute Gasteiger partial charge is 0.373 e. The Morgan fingerprint density at radius 1 is 1.05 bits per heavy atom. The number of fused-ring (bicyclic) bond motifs is 1. The van der Waals surface area contributed by atoms with Crippen LogP contribution in [-0.4, -0.2) is 51.0 Å². The van der Waals surface area contributed by atoms with Crippen LogP contribution in [0.4, 0.5) is 29.3 Å². The lowest BCUT2D eigenvalue weighted by atomic mass is 10.0. The zero-order valence-electron chi connectivity index (χ0n) is 22.1. The van der Waals surface area contributed by atoms with Gasteiger partial charge >= 0.3 is 6.03 Å². The summed E-state index contributed by atoms with van der Waals surface area (Å²) in [5.74, 6) is -3.57. The number of aryl methyl sites for hydroxylation is 1. The van der Waals surface area contributed by atoms with E-state index >= 15 is 0 Å². The number of pyridine rings is 1. The third-order valence-corrected chi connectivity index (χ3v) is 6.72. The Bertz CT molecular complexity index is 1530. The molecular formula is C28H29F3N6O2. The molecule has 3 heterocycles. The maximum Gasteiger partial charge on any atom is 0.323 e. The standard InChI is InChI=1S/C28H29F3N6O2/c1-15-12-37(13-16(2)39-15)14-20-9-21(22-11-32-36(4)27(22)33-20)18-5-7-19(8-6-18)34-28(38)35-24-10-23(29)25(30)17(3)26(24)31/h5-11,15-16H,12-14H2,1-4H3,(H2,34,35,38). The first-order chi connectivity index (χ1) is 18.6. The molecule has 0 spiro atoms. The van der Waals surface area contributed by atoms with Crippen molar-refractivity contribution in [1.29, 1.82) is 0 Å². The molecule has 8 nitrogen and oxygen atoms in total. The van der Waals surface area contributed by atoms with Crippen molar-refractivity contribution in [2.75, 3.05) is 23.7 Å². The summed E-state index contributed by atoms with van der Waals surface area (Å²) >= 11 is 0. The number of morpholine rings is 1. The number of urea groups is 1. The molecule has 0 aliphatic carbocycles. The number of hydrogen-bond acceptors (Lipinski definition) is 5. The Balaban J connectivity index is 1.36. The van der Waals surface area contributed by atoms with E-state index in [1.54, 1.807) is 23.0 Å². The first-order valence-corrected chi connectivity index (χ1v) is 12.6. The maximum atomic E-state index is 14.3. The van der Waals surface area contributed by atoms with Gasteiger partial charge in [-0.2, -0.15) is 5.10 Å². The Labute approximate surface area is 223 Å². The van der Waals surface area contributed by atoms with Crippen LogP contribution < -0.4 is 10.6 Å². The minimum atomic E-state index is -1.29. The first kappa shape index (κ1) is 26.6. The molecule has 5 rings (SSSR count). The van der Waals surface area contributed by atoms with Crippen LogP contribution in [0.2, 0.25) is 0 Å². The lowest BCUT2D eigenvalue weighted by Crippen LogP contribution is -2.44. The lowest BCUT2D eigenvalue weighted by Gasteiger charge is -2.35. The molecule has 0 saturated carbocycles. The minimum Gasteiger partial charge on any atom is -0.373 e. The number of benzene rings is 2. The number of carbonyl (C=O) groups is 1. The summed E-state index contributed by atoms with van der Waals surface area (Å²) < 4.78 is 49.1. The number of amides is 2. The fourth-order valence-electron chi connectivity index (χ4n) is 4.97. The van der Waals surface area contributed by atoms with Crippen molar-refractivity contribution < 1.29 is 22.7 Å². The van der Waals surface area contributed by atoms with E-state index in [1.165, 1.54) is 0 Å². The highest BCUT2D eigenvalue weighted by atomic mass is 19.2. The number of nitrogens with one attached hydrogen (secondary N) is 2. The van der Waals surface area contributed by atoms with Gasteiger partial charge in [0, 0.05) is 49.4 Å². The number of nitrogens with zero attached hydrogens (tertiary/aromatic N) is 4. The average molecular weight is 539 g/mol. The molecule has 2 amide bonds. The number of carbonyl (C=O) groups excluding carboxylic acids is 1. The molecule has 11 heteroatoms. The maximum absolute atomic E-state index is 14.3. The number of ether oxygens (including phenoxy) is 1. The van der Waals surface area contributed by atoms with Crippen molar-refractivity contribution in [1.82, 2.24) is 19.7 Å². The van der Waals surface area contributed by atoms with Crippen LogP contribution >= 0.6 is 0 Å². The van der Waals surface area contributed by atoms with Crippen molar-refractivity contribution in [3.63, 3.8) is 0 Å². The second kappa shape index (κ2) is 10.7. The van der Waals surface area contributed by atoms with Gasteiger partial charge in [-0.05, 0) is 50.1 Å². The Morgan fingerprint density at radius 3 is 2.44 bits per heavy atom. The molecular weight excluding hydrogens is 509 g/mol. The quantitative estimate of drug-likeness (QED) is 0.323. The van der Waals surface area contributed by atoms with E-state index in [2.05, 4.69) is 40.5 Å². The highest BCUT2D eigenvalue weighted by molar-refractivity contribution is 6.00. The van der Waals surface area contributed by atoms with E-state index in [0.29, 0.717) is 18.3 Å². The predicted octanol–water partition coefficient (Wildman–Crippen LogP) is 5.61. The van der Waals surface area contributed by atoms with Gasteiger partial charge in [0.1, 0.15) is 0 Å². The van der Waals surface area contributed by atoms with Crippen molar-refractivity contribution >= 4 is 28.4 Å². The van der Waals surface area contributed by atoms with Gasteiger partial charge in [0.15, 0.2) is 23.1 Å². The van der Waals surface area contributed by atoms with Gasteiger partial charge in [0.25, 0.3) is 0 Å². The normalized spacial score (nSPS) is 17.9. The average Bonchev–Trinajstić information content (AvgIpc) is 3.26. The summed E-state index contributed by atoms with van der Waals surface area (Å²) in [5, 5.41) is 10.1. The van der Waals surface area contributed by atoms with Crippen molar-refractivity contribution in [2.45, 2.75) is 39.5 Å². The number of rotatable bonds is 5. The van der Waals surface area contributed by atoms with Crippen LogP contribution in [0.15, 0.2) is 42.6 Å². The van der Waals surface area contributed by atoms with Crippen LogP contribution in [0.1, 0.15) is 25.1 Å². The van der Waals surface area contributed by atoms with Gasteiger partial charge in [-0.3, -0.25) is 9.58 Å². The summed E-state index contributed by atoms with van der Waals surface area (Å²) in [6.45, 7) is 7.55. The summed E-state index contributed by atoms with van der Waals surface area (Å²) in [4.78, 5) is 19.6. The smallest absolute Gasteiger partial charge is 0.323 e. The third kappa shape index (κ3) is 5.59. The van der Waals surface area contributed by atoms with Gasteiger partial charge in [0.2, 0.25) is 0 Å². The minimum absolute atomic E-state index is 0.147. The predicted molar refractivity (Wildman–Crippen MR) is 143 cm³/mol. The summed E-state index contributed by atoms with van der Waals surface area (Å²) in [6.07, 6.45) is 2.07. The van der Waals surface area contributed by atoms with Gasteiger partial charge < -0.3 is 15.4 Å². The fourth-order valence-corrected chi connectivity index (χ4v) is 4.97. The zero-order valence-corrected chi connectivity index (χ0v) is 22.1. The fraction of sp³-hybridized carbons (Fsp3) is 0.321. The third-order valence-electron chi connectivity index (χ3n) is 6.72. The molecule has 1 aliphatic heterocycles. The van der Waals surface area contributed by atoms with Gasteiger partial charge in [0.05, 0.1) is 29.8 Å². The van der Waals surface area contributed by atoms with Crippen LogP contribution in [0, 0.1) is 24.4 Å². The topological polar surface area (TPSA) is 84.3 Å². The van der Waals surface area contributed by atoms with E-state index in [1.807, 2.05) is 19.2 Å². The van der Waals surface area contributed by atoms with Crippen LogP contribution in [-0.2, 0) is 18.3 Å². The number of hydrogen-bond donors (Lipinski definition) is 2. The number of halogens is 3. The SMILES string of the molecule is Cc1c(F)c(F)cc(NC(=O)Nc2ccc(-c3cc(CN4CC(C)OC(C)C4)nc4c3cnn4C)cc2)c1F. The van der Waals surface area contributed by atoms with Crippen LogP contribution in [0.3, 0.4) is 0 Å². The van der Waals surface area contributed by atoms with Crippen molar-refractivity contribution in [3.8, 4) is 11.1 Å². The lowest BCUT2D eigenvalue weighted by molar-refractivity contribution is -0.0707. The molecule has 204 valence electrons. The Kier molecular flexibility index (Phi) is 7.28. The molecule has 2 atom stereocenters. The van der Waals surface area contributed by atoms with Crippen molar-refractivity contribution in [3.05, 3.63) is 71.3 Å². The summed E-state index contributed by atoms with van der Waals surface area (Å²) in [7, 11) is 1.85. The summed E-state index contributed by atoms with van der Waals surface area (Å²) in [5.41, 5.74) is 3.00. The second-order valence-corrected chi connectivity index (χ2v) is 9.93. The van der Waals surface area contributed by atoms with Crippen molar-refractivity contribution in [2.24, 2.45) is 7.05 Å². The van der Waals surface area contributed by atoms with E-state index in [0.717, 1.165) is 47.9 Å². The second-order valence-electron chi connectivity index (χ2n) is 9.93. The molecule has 1 fully saturated rings. The van der Waals surface area contributed by atoms with Gasteiger partial charge in [-0.15, -0.1) is 0 Å². The molecule has 0 radical (unpaired) electrons. The van der Waals surface area contributed by atoms with Gasteiger partial charge in [-0.25, -0.2) is 22.9 Å². The Hall–Kier alpha value is -3.96. The summed E-state index contributed by atoms with van der Waals surface area (Å²) in [6, 6.07) is 8.98. The Morgan fingerprint density at radius 2 is 1.74 bits per heavy atom. The molecule has 39 heavy (non-hydrogen) atoms. The van der Waals surface area contributed by atoms with E-state index < -0.39 is 34.7 Å². The molecule has 0 bridgehead atoms. The highest BCUT2D eigenvalue weighted by Gasteiger charge is 2.23. The molecule has 2 N–H and O–H groups in total. The molecule has 2 aromatic carbocycles.